The third-order valence-electron chi connectivity index (χ3n) is 1.96. The normalized spacial score (nSPS) is 9.06. The Labute approximate surface area is 101 Å². The molecule has 0 N–H and O–H groups in total. The second-order valence-electron chi connectivity index (χ2n) is 3.20. The van der Waals surface area contributed by atoms with E-state index in [0.29, 0.717) is 12.4 Å². The smallest absolute Gasteiger partial charge is 0.419 e. The molecule has 0 aliphatic carbocycles. The van der Waals surface area contributed by atoms with Crippen molar-refractivity contribution in [3.05, 3.63) is 54.6 Å². The minimum absolute atomic E-state index is 0.373. The predicted molar refractivity (Wildman–Crippen MR) is 65.8 cm³/mol. The van der Waals surface area contributed by atoms with Crippen molar-refractivity contribution in [3.8, 4) is 0 Å². The number of hydrogen-bond acceptors (Lipinski definition) is 3. The Bertz CT molecular complexity index is 411. The molecule has 0 saturated carbocycles. The molecule has 0 aliphatic heterocycles. The molecule has 0 radical (unpaired) electrons. The van der Waals surface area contributed by atoms with Crippen LogP contribution in [0.2, 0.25) is 0 Å². The van der Waals surface area contributed by atoms with Gasteiger partial charge in [-0.3, -0.25) is 0 Å². The molecule has 0 saturated heterocycles. The number of carbonyl (C=O) groups excluding carboxylic acids is 1. The minimum Gasteiger partial charge on any atom is -0.449 e. The van der Waals surface area contributed by atoms with Crippen LogP contribution in [-0.2, 0) is 4.74 Å². The number of aromatic nitrogens is 2. The van der Waals surface area contributed by atoms with Crippen molar-refractivity contribution >= 4 is 6.09 Å². The summed E-state index contributed by atoms with van der Waals surface area (Å²) >= 11 is 0. The average molecular weight is 232 g/mol. The molecule has 0 aliphatic rings. The summed E-state index contributed by atoms with van der Waals surface area (Å²) in [5.41, 5.74) is 0. The van der Waals surface area contributed by atoms with Gasteiger partial charge in [0.25, 0.3) is 0 Å². The molecule has 17 heavy (non-hydrogen) atoms. The lowest BCUT2D eigenvalue weighted by atomic mass is 10.4. The van der Waals surface area contributed by atoms with Crippen LogP contribution in [0.4, 0.5) is 4.79 Å². The highest BCUT2D eigenvalue weighted by Crippen LogP contribution is 1.96. The summed E-state index contributed by atoms with van der Waals surface area (Å²) in [5.74, 6) is 0.642. The fourth-order valence-electron chi connectivity index (χ4n) is 1.15. The molecule has 4 heteroatoms. The molecule has 2 aromatic rings. The second kappa shape index (κ2) is 7.22. The van der Waals surface area contributed by atoms with E-state index in [1.54, 1.807) is 26.2 Å². The highest BCUT2D eigenvalue weighted by molar-refractivity contribution is 5.70. The van der Waals surface area contributed by atoms with Gasteiger partial charge >= 0.3 is 6.09 Å². The lowest BCUT2D eigenvalue weighted by Gasteiger charge is -2.01. The van der Waals surface area contributed by atoms with Crippen LogP contribution in [0, 0.1) is 6.92 Å². The maximum absolute atomic E-state index is 11.0. The van der Waals surface area contributed by atoms with Gasteiger partial charge in [0.1, 0.15) is 5.82 Å². The molecule has 1 aromatic carbocycles. The van der Waals surface area contributed by atoms with Crippen molar-refractivity contribution in [1.82, 2.24) is 9.55 Å². The summed E-state index contributed by atoms with van der Waals surface area (Å²) in [7, 11) is 0. The molecular formula is C13H16N2O2. The topological polar surface area (TPSA) is 44.1 Å². The van der Waals surface area contributed by atoms with E-state index >= 15 is 0 Å². The first-order chi connectivity index (χ1) is 8.25. The zero-order valence-corrected chi connectivity index (χ0v) is 10.0. The van der Waals surface area contributed by atoms with E-state index in [2.05, 4.69) is 4.98 Å². The summed E-state index contributed by atoms with van der Waals surface area (Å²) < 4.78 is 6.12. The van der Waals surface area contributed by atoms with Gasteiger partial charge in [-0.15, -0.1) is 0 Å². The van der Waals surface area contributed by atoms with Crippen LogP contribution in [0.1, 0.15) is 12.7 Å². The number of nitrogens with zero attached hydrogens (tertiary/aromatic N) is 2. The van der Waals surface area contributed by atoms with Gasteiger partial charge in [0.05, 0.1) is 6.61 Å². The number of ether oxygens (including phenoxy) is 1. The van der Waals surface area contributed by atoms with E-state index in [4.69, 9.17) is 4.74 Å². The maximum atomic E-state index is 11.0. The van der Waals surface area contributed by atoms with Gasteiger partial charge < -0.3 is 4.74 Å². The molecule has 0 bridgehead atoms. The van der Waals surface area contributed by atoms with Crippen molar-refractivity contribution in [3.63, 3.8) is 0 Å². The number of rotatable bonds is 1. The zero-order valence-electron chi connectivity index (χ0n) is 10.0. The molecule has 1 aromatic heterocycles. The van der Waals surface area contributed by atoms with E-state index in [9.17, 15) is 4.79 Å². The lowest BCUT2D eigenvalue weighted by molar-refractivity contribution is 0.153. The molecule has 0 atom stereocenters. The maximum Gasteiger partial charge on any atom is 0.419 e. The molecule has 90 valence electrons. The van der Waals surface area contributed by atoms with Crippen LogP contribution in [0.25, 0.3) is 0 Å². The van der Waals surface area contributed by atoms with Crippen LogP contribution in [-0.4, -0.2) is 22.3 Å². The van der Waals surface area contributed by atoms with Crippen LogP contribution in [0.15, 0.2) is 48.8 Å². The molecule has 0 fully saturated rings. The molecule has 1 heterocycles. The number of carbonyl (C=O) groups is 1. The molecule has 4 nitrogen and oxygen atoms in total. The first-order valence-corrected chi connectivity index (χ1v) is 5.42. The van der Waals surface area contributed by atoms with Crippen molar-refractivity contribution in [1.29, 1.82) is 0 Å². The van der Waals surface area contributed by atoms with Crippen molar-refractivity contribution < 1.29 is 9.53 Å². The summed E-state index contributed by atoms with van der Waals surface area (Å²) in [6.07, 6.45) is 2.77. The average Bonchev–Trinajstić information content (AvgIpc) is 2.79. The molecule has 0 unspecified atom stereocenters. The Kier molecular flexibility index (Phi) is 5.51. The Morgan fingerprint density at radius 1 is 1.24 bits per heavy atom. The number of hydrogen-bond donors (Lipinski definition) is 0. The predicted octanol–water partition coefficient (Wildman–Crippen LogP) is 2.88. The summed E-state index contributed by atoms with van der Waals surface area (Å²) in [5, 5.41) is 0. The minimum atomic E-state index is -0.373. The largest absolute Gasteiger partial charge is 0.449 e. The standard InChI is InChI=1S/C7H10N2O2.C6H6/c1-3-11-7(10)9-5-4-8-6(9)2;1-2-4-6-5-3-1/h4-5H,3H2,1-2H3;1-6H. The van der Waals surface area contributed by atoms with Gasteiger partial charge in [-0.2, -0.15) is 0 Å². The molecule has 2 rings (SSSR count). The van der Waals surface area contributed by atoms with Gasteiger partial charge in [0, 0.05) is 12.4 Å². The highest BCUT2D eigenvalue weighted by atomic mass is 16.5. The van der Waals surface area contributed by atoms with E-state index in [0.717, 1.165) is 0 Å². The van der Waals surface area contributed by atoms with E-state index in [-0.39, 0.29) is 6.09 Å². The van der Waals surface area contributed by atoms with Gasteiger partial charge in [-0.05, 0) is 13.8 Å². The molecule has 0 amide bonds. The van der Waals surface area contributed by atoms with Crippen LogP contribution in [0.3, 0.4) is 0 Å². The first kappa shape index (κ1) is 13.0. The fourth-order valence-corrected chi connectivity index (χ4v) is 1.15. The Morgan fingerprint density at radius 2 is 1.76 bits per heavy atom. The van der Waals surface area contributed by atoms with E-state index in [1.165, 1.54) is 4.57 Å². The quantitative estimate of drug-likeness (QED) is 0.759. The summed E-state index contributed by atoms with van der Waals surface area (Å²) in [4.78, 5) is 14.9. The highest BCUT2D eigenvalue weighted by Gasteiger charge is 2.06. The Hall–Kier alpha value is -2.10. The number of aryl methyl sites for hydroxylation is 1. The van der Waals surface area contributed by atoms with E-state index < -0.39 is 0 Å². The molecular weight excluding hydrogens is 216 g/mol. The van der Waals surface area contributed by atoms with Gasteiger partial charge in [-0.1, -0.05) is 36.4 Å². The van der Waals surface area contributed by atoms with E-state index in [1.807, 2.05) is 36.4 Å². The zero-order chi connectivity index (χ0) is 12.5. The van der Waals surface area contributed by atoms with Crippen molar-refractivity contribution in [2.45, 2.75) is 13.8 Å². The Balaban J connectivity index is 0.000000202. The third kappa shape index (κ3) is 4.51. The number of benzene rings is 1. The first-order valence-electron chi connectivity index (χ1n) is 5.42. The van der Waals surface area contributed by atoms with Crippen molar-refractivity contribution in [2.75, 3.05) is 6.61 Å². The van der Waals surface area contributed by atoms with Gasteiger partial charge in [0.2, 0.25) is 0 Å². The summed E-state index contributed by atoms with van der Waals surface area (Å²) in [6, 6.07) is 12.0. The van der Waals surface area contributed by atoms with Crippen LogP contribution >= 0.6 is 0 Å². The van der Waals surface area contributed by atoms with Crippen molar-refractivity contribution in [2.24, 2.45) is 0 Å². The van der Waals surface area contributed by atoms with Crippen LogP contribution < -0.4 is 0 Å². The fraction of sp³-hybridized carbons (Fsp3) is 0.231. The van der Waals surface area contributed by atoms with Gasteiger partial charge in [-0.25, -0.2) is 14.3 Å². The molecule has 0 spiro atoms. The second-order valence-corrected chi connectivity index (χ2v) is 3.20. The van der Waals surface area contributed by atoms with Crippen LogP contribution in [0.5, 0.6) is 0 Å². The Morgan fingerprint density at radius 3 is 2.12 bits per heavy atom. The van der Waals surface area contributed by atoms with Gasteiger partial charge in [0.15, 0.2) is 0 Å². The monoisotopic (exact) mass is 232 g/mol. The summed E-state index contributed by atoms with van der Waals surface area (Å²) in [6.45, 7) is 3.90. The third-order valence-corrected chi connectivity index (χ3v) is 1.96. The lowest BCUT2D eigenvalue weighted by Crippen LogP contribution is -2.13. The number of imidazole rings is 1. The SMILES string of the molecule is CCOC(=O)n1ccnc1C.c1ccccc1.